The second-order valence-corrected chi connectivity index (χ2v) is 10.2. The molecule has 5 nitrogen and oxygen atoms in total. The monoisotopic (exact) mass is 413 g/mol. The molecule has 0 amide bonds. The molecule has 8 heteroatoms. The molecule has 148 valence electrons. The molecule has 0 bridgehead atoms. The summed E-state index contributed by atoms with van der Waals surface area (Å²) in [6, 6.07) is 7.57. The molecule has 27 heavy (non-hydrogen) atoms. The summed E-state index contributed by atoms with van der Waals surface area (Å²) in [4.78, 5) is 3.22. The Morgan fingerprint density at radius 1 is 1.33 bits per heavy atom. The Kier molecular flexibility index (Phi) is 6.52. The average molecular weight is 414 g/mol. The molecule has 1 aromatic carbocycles. The van der Waals surface area contributed by atoms with Crippen molar-refractivity contribution in [3.05, 3.63) is 52.0 Å². The number of aryl methyl sites for hydroxylation is 1. The van der Waals surface area contributed by atoms with Crippen molar-refractivity contribution in [2.45, 2.75) is 32.0 Å². The first-order chi connectivity index (χ1) is 12.8. The van der Waals surface area contributed by atoms with Gasteiger partial charge in [-0.15, -0.1) is 11.3 Å². The Bertz CT molecular complexity index is 851. The number of hydrogen-bond acceptors (Lipinski definition) is 6. The first-order valence-electron chi connectivity index (χ1n) is 8.86. The van der Waals surface area contributed by atoms with E-state index in [2.05, 4.69) is 0 Å². The van der Waals surface area contributed by atoms with Crippen LogP contribution >= 0.6 is 11.3 Å². The summed E-state index contributed by atoms with van der Waals surface area (Å²) in [7, 11) is -3.01. The number of benzene rings is 1. The molecule has 2 aromatic rings. The SMILES string of the molecule is Cc1ccsc1CN(CC(O)COc1ccc(F)cc1)C1CCS(=O)(=O)C1. The highest BCUT2D eigenvalue weighted by atomic mass is 32.2. The van der Waals surface area contributed by atoms with Crippen molar-refractivity contribution in [1.29, 1.82) is 0 Å². The molecule has 2 heterocycles. The van der Waals surface area contributed by atoms with Crippen LogP contribution < -0.4 is 4.74 Å². The van der Waals surface area contributed by atoms with Crippen LogP contribution in [0.1, 0.15) is 16.9 Å². The Morgan fingerprint density at radius 2 is 2.07 bits per heavy atom. The van der Waals surface area contributed by atoms with Gasteiger partial charge in [-0.3, -0.25) is 4.90 Å². The van der Waals surface area contributed by atoms with E-state index in [1.54, 1.807) is 11.3 Å². The number of ether oxygens (including phenoxy) is 1. The average Bonchev–Trinajstić information content (AvgIpc) is 3.19. The van der Waals surface area contributed by atoms with Gasteiger partial charge in [0.05, 0.1) is 11.5 Å². The molecular weight excluding hydrogens is 389 g/mol. The fourth-order valence-corrected chi connectivity index (χ4v) is 5.90. The van der Waals surface area contributed by atoms with Crippen LogP contribution in [0.4, 0.5) is 4.39 Å². The van der Waals surface area contributed by atoms with Crippen molar-refractivity contribution < 1.29 is 22.7 Å². The van der Waals surface area contributed by atoms with Gasteiger partial charge in [0.15, 0.2) is 9.84 Å². The van der Waals surface area contributed by atoms with Crippen molar-refractivity contribution in [3.8, 4) is 5.75 Å². The number of aliphatic hydroxyl groups excluding tert-OH is 1. The van der Waals surface area contributed by atoms with Crippen LogP contribution in [0.3, 0.4) is 0 Å². The van der Waals surface area contributed by atoms with Crippen molar-refractivity contribution in [2.75, 3.05) is 24.7 Å². The van der Waals surface area contributed by atoms with Crippen LogP contribution in [0.25, 0.3) is 0 Å². The predicted molar refractivity (Wildman–Crippen MR) is 104 cm³/mol. The lowest BCUT2D eigenvalue weighted by Crippen LogP contribution is -2.42. The topological polar surface area (TPSA) is 66.8 Å². The summed E-state index contributed by atoms with van der Waals surface area (Å²) in [6.07, 6.45) is -0.197. The van der Waals surface area contributed by atoms with Gasteiger partial charge in [-0.2, -0.15) is 0 Å². The lowest BCUT2D eigenvalue weighted by molar-refractivity contribution is 0.0528. The van der Waals surface area contributed by atoms with E-state index < -0.39 is 15.9 Å². The van der Waals surface area contributed by atoms with Gasteiger partial charge in [0.25, 0.3) is 0 Å². The molecule has 0 aliphatic carbocycles. The van der Waals surface area contributed by atoms with E-state index in [0.29, 0.717) is 25.3 Å². The fraction of sp³-hybridized carbons (Fsp3) is 0.474. The molecule has 0 radical (unpaired) electrons. The zero-order chi connectivity index (χ0) is 19.4. The quantitative estimate of drug-likeness (QED) is 0.721. The van der Waals surface area contributed by atoms with Crippen molar-refractivity contribution in [1.82, 2.24) is 4.90 Å². The zero-order valence-electron chi connectivity index (χ0n) is 15.2. The third kappa shape index (κ3) is 5.75. The molecule has 1 N–H and O–H groups in total. The normalized spacial score (nSPS) is 20.1. The lowest BCUT2D eigenvalue weighted by Gasteiger charge is -2.30. The Labute approximate surface area is 163 Å². The van der Waals surface area contributed by atoms with E-state index in [4.69, 9.17) is 4.74 Å². The highest BCUT2D eigenvalue weighted by Crippen LogP contribution is 2.24. The maximum Gasteiger partial charge on any atom is 0.151 e. The minimum Gasteiger partial charge on any atom is -0.491 e. The second-order valence-electron chi connectivity index (χ2n) is 6.93. The van der Waals surface area contributed by atoms with Crippen LogP contribution in [0.2, 0.25) is 0 Å². The van der Waals surface area contributed by atoms with E-state index >= 15 is 0 Å². The molecule has 1 saturated heterocycles. The van der Waals surface area contributed by atoms with E-state index in [-0.39, 0.29) is 30.0 Å². The van der Waals surface area contributed by atoms with E-state index in [1.165, 1.54) is 34.7 Å². The highest BCUT2D eigenvalue weighted by Gasteiger charge is 2.33. The number of nitrogens with zero attached hydrogens (tertiary/aromatic N) is 1. The molecule has 0 saturated carbocycles. The Hall–Kier alpha value is -1.48. The van der Waals surface area contributed by atoms with Gasteiger partial charge in [0.1, 0.15) is 24.3 Å². The van der Waals surface area contributed by atoms with Crippen molar-refractivity contribution in [3.63, 3.8) is 0 Å². The smallest absolute Gasteiger partial charge is 0.151 e. The number of aliphatic hydroxyl groups is 1. The molecular formula is C19H24FNO4S2. The van der Waals surface area contributed by atoms with E-state index in [9.17, 15) is 17.9 Å². The summed E-state index contributed by atoms with van der Waals surface area (Å²) in [5.41, 5.74) is 1.17. The highest BCUT2D eigenvalue weighted by molar-refractivity contribution is 7.91. The number of hydrogen-bond donors (Lipinski definition) is 1. The van der Waals surface area contributed by atoms with Crippen LogP contribution in [0, 0.1) is 12.7 Å². The van der Waals surface area contributed by atoms with Crippen LogP contribution in [0.15, 0.2) is 35.7 Å². The zero-order valence-corrected chi connectivity index (χ0v) is 16.8. The summed E-state index contributed by atoms with van der Waals surface area (Å²) in [6.45, 7) is 3.02. The first-order valence-corrected chi connectivity index (χ1v) is 11.6. The third-order valence-electron chi connectivity index (χ3n) is 4.74. The van der Waals surface area contributed by atoms with Gasteiger partial charge in [0, 0.05) is 24.0 Å². The van der Waals surface area contributed by atoms with Gasteiger partial charge in [-0.25, -0.2) is 12.8 Å². The fourth-order valence-electron chi connectivity index (χ4n) is 3.20. The number of thiophene rings is 1. The van der Waals surface area contributed by atoms with Crippen molar-refractivity contribution in [2.24, 2.45) is 0 Å². The molecule has 0 spiro atoms. The maximum absolute atomic E-state index is 12.9. The molecule has 1 fully saturated rings. The number of sulfone groups is 1. The molecule has 2 unspecified atom stereocenters. The van der Waals surface area contributed by atoms with Gasteiger partial charge in [0.2, 0.25) is 0 Å². The van der Waals surface area contributed by atoms with E-state index in [1.807, 2.05) is 23.3 Å². The minimum atomic E-state index is -3.01. The summed E-state index contributed by atoms with van der Waals surface area (Å²) in [5.74, 6) is 0.463. The molecule has 2 atom stereocenters. The third-order valence-corrected chi connectivity index (χ3v) is 7.50. The number of rotatable bonds is 8. The summed E-state index contributed by atoms with van der Waals surface area (Å²) < 4.78 is 42.3. The predicted octanol–water partition coefficient (Wildman–Crippen LogP) is 2.62. The van der Waals surface area contributed by atoms with Gasteiger partial charge >= 0.3 is 0 Å². The van der Waals surface area contributed by atoms with Gasteiger partial charge in [-0.05, 0) is 54.6 Å². The maximum atomic E-state index is 12.9. The van der Waals surface area contributed by atoms with E-state index in [0.717, 1.165) is 0 Å². The number of halogens is 1. The minimum absolute atomic E-state index is 0.0605. The largest absolute Gasteiger partial charge is 0.491 e. The van der Waals surface area contributed by atoms with Crippen molar-refractivity contribution >= 4 is 21.2 Å². The molecule has 3 rings (SSSR count). The van der Waals surface area contributed by atoms with Gasteiger partial charge in [-0.1, -0.05) is 0 Å². The van der Waals surface area contributed by atoms with Gasteiger partial charge < -0.3 is 9.84 Å². The standard InChI is InChI=1S/C19H24FNO4S2/c1-14-6-8-26-19(14)11-21(16-7-9-27(23,24)13-16)10-17(22)12-25-18-4-2-15(20)3-5-18/h2-6,8,16-17,22H,7,9-13H2,1H3. The lowest BCUT2D eigenvalue weighted by atomic mass is 10.1. The second kappa shape index (κ2) is 8.68. The summed E-state index contributed by atoms with van der Waals surface area (Å²) in [5, 5.41) is 12.5. The van der Waals surface area contributed by atoms with Crippen LogP contribution in [0.5, 0.6) is 5.75 Å². The Balaban J connectivity index is 1.63. The van der Waals surface area contributed by atoms with Crippen LogP contribution in [-0.2, 0) is 16.4 Å². The first kappa shape index (κ1) is 20.3. The van der Waals surface area contributed by atoms with Crippen LogP contribution in [-0.4, -0.2) is 55.2 Å². The Morgan fingerprint density at radius 3 is 2.67 bits per heavy atom. The molecule has 1 aromatic heterocycles. The molecule has 1 aliphatic rings. The molecule has 1 aliphatic heterocycles. The summed E-state index contributed by atoms with van der Waals surface area (Å²) >= 11 is 1.64.